The summed E-state index contributed by atoms with van der Waals surface area (Å²) in [5, 5.41) is 2.71. The third-order valence-corrected chi connectivity index (χ3v) is 5.84. The normalized spacial score (nSPS) is 29.1. The first-order valence-electron chi connectivity index (χ1n) is 8.28. The molecule has 2 fully saturated rings. The second kappa shape index (κ2) is 5.43. The Bertz CT molecular complexity index is 631. The van der Waals surface area contributed by atoms with E-state index in [1.54, 1.807) is 0 Å². The molecule has 2 aliphatic carbocycles. The van der Waals surface area contributed by atoms with Gasteiger partial charge in [0.25, 0.3) is 0 Å². The molecule has 4 unspecified atom stereocenters. The fraction of sp³-hybridized carbons (Fsp3) is 0.474. The molecule has 2 bridgehead atoms. The highest BCUT2D eigenvalue weighted by Crippen LogP contribution is 2.49. The monoisotopic (exact) mass is 280 g/mol. The van der Waals surface area contributed by atoms with Gasteiger partial charge in [0.15, 0.2) is 0 Å². The van der Waals surface area contributed by atoms with E-state index >= 15 is 0 Å². The first-order chi connectivity index (χ1) is 10.3. The third-order valence-electron chi connectivity index (χ3n) is 5.84. The van der Waals surface area contributed by atoms with E-state index in [2.05, 4.69) is 47.9 Å². The van der Waals surface area contributed by atoms with Gasteiger partial charge in [-0.3, -0.25) is 11.3 Å². The summed E-state index contributed by atoms with van der Waals surface area (Å²) in [5.41, 5.74) is 4.57. The van der Waals surface area contributed by atoms with Gasteiger partial charge in [-0.15, -0.1) is 0 Å². The van der Waals surface area contributed by atoms with Crippen molar-refractivity contribution in [1.82, 2.24) is 5.43 Å². The highest BCUT2D eigenvalue weighted by atomic mass is 15.2. The molecule has 0 amide bonds. The Morgan fingerprint density at radius 1 is 1.05 bits per heavy atom. The zero-order valence-corrected chi connectivity index (χ0v) is 12.5. The molecule has 2 nitrogen and oxygen atoms in total. The number of benzene rings is 2. The Morgan fingerprint density at radius 3 is 2.67 bits per heavy atom. The van der Waals surface area contributed by atoms with Gasteiger partial charge in [0, 0.05) is 6.04 Å². The fourth-order valence-electron chi connectivity index (χ4n) is 4.83. The van der Waals surface area contributed by atoms with Gasteiger partial charge in [0.1, 0.15) is 0 Å². The Hall–Kier alpha value is -1.38. The molecule has 2 aromatic rings. The molecule has 0 radical (unpaired) electrons. The number of hydrogen-bond donors (Lipinski definition) is 2. The summed E-state index contributed by atoms with van der Waals surface area (Å²) in [6, 6.07) is 15.7. The van der Waals surface area contributed by atoms with E-state index in [4.69, 9.17) is 5.84 Å². The first-order valence-corrected chi connectivity index (χ1v) is 8.28. The molecule has 2 saturated carbocycles. The second-order valence-electron chi connectivity index (χ2n) is 6.95. The molecule has 2 aliphatic rings. The molecule has 2 aromatic carbocycles. The van der Waals surface area contributed by atoms with Crippen molar-refractivity contribution in [3.8, 4) is 0 Å². The lowest BCUT2D eigenvalue weighted by Crippen LogP contribution is -2.44. The van der Waals surface area contributed by atoms with Crippen LogP contribution in [-0.4, -0.2) is 6.04 Å². The van der Waals surface area contributed by atoms with E-state index in [9.17, 15) is 0 Å². The molecule has 0 spiro atoms. The maximum absolute atomic E-state index is 5.93. The van der Waals surface area contributed by atoms with Crippen LogP contribution in [0.25, 0.3) is 10.8 Å². The summed E-state index contributed by atoms with van der Waals surface area (Å²) in [5.74, 6) is 8.58. The summed E-state index contributed by atoms with van der Waals surface area (Å²) >= 11 is 0. The minimum atomic E-state index is 0.422. The summed E-state index contributed by atoms with van der Waals surface area (Å²) in [7, 11) is 0. The minimum Gasteiger partial charge on any atom is -0.271 e. The van der Waals surface area contributed by atoms with Gasteiger partial charge in [-0.25, -0.2) is 0 Å². The van der Waals surface area contributed by atoms with Crippen molar-refractivity contribution < 1.29 is 0 Å². The van der Waals surface area contributed by atoms with Crippen LogP contribution in [0.2, 0.25) is 0 Å². The van der Waals surface area contributed by atoms with Crippen LogP contribution in [0.5, 0.6) is 0 Å². The molecule has 110 valence electrons. The Kier molecular flexibility index (Phi) is 3.44. The van der Waals surface area contributed by atoms with E-state index in [0.29, 0.717) is 6.04 Å². The lowest BCUT2D eigenvalue weighted by atomic mass is 9.81. The topological polar surface area (TPSA) is 38.0 Å². The van der Waals surface area contributed by atoms with E-state index in [0.717, 1.165) is 24.2 Å². The zero-order chi connectivity index (χ0) is 14.2. The van der Waals surface area contributed by atoms with Gasteiger partial charge >= 0.3 is 0 Å². The van der Waals surface area contributed by atoms with Crippen LogP contribution in [-0.2, 0) is 6.42 Å². The summed E-state index contributed by atoms with van der Waals surface area (Å²) in [4.78, 5) is 0. The Labute approximate surface area is 126 Å². The summed E-state index contributed by atoms with van der Waals surface area (Å²) in [6.07, 6.45) is 6.74. The lowest BCUT2D eigenvalue weighted by Gasteiger charge is -2.30. The third kappa shape index (κ3) is 2.37. The van der Waals surface area contributed by atoms with Crippen molar-refractivity contribution >= 4 is 10.8 Å². The second-order valence-corrected chi connectivity index (χ2v) is 6.95. The smallest absolute Gasteiger partial charge is 0.0282 e. The van der Waals surface area contributed by atoms with Crippen LogP contribution in [0, 0.1) is 17.8 Å². The van der Waals surface area contributed by atoms with E-state index in [1.807, 2.05) is 0 Å². The fourth-order valence-corrected chi connectivity index (χ4v) is 4.83. The molecule has 0 aliphatic heterocycles. The number of nitrogens with two attached hydrogens (primary N) is 1. The average Bonchev–Trinajstić information content (AvgIpc) is 3.15. The largest absolute Gasteiger partial charge is 0.271 e. The predicted octanol–water partition coefficient (Wildman–Crippen LogP) is 3.65. The molecule has 0 heterocycles. The number of rotatable bonds is 4. The molecule has 4 rings (SSSR count). The maximum Gasteiger partial charge on any atom is 0.0282 e. The lowest BCUT2D eigenvalue weighted by molar-refractivity contribution is 0.248. The Morgan fingerprint density at radius 2 is 1.90 bits per heavy atom. The van der Waals surface area contributed by atoms with Crippen LogP contribution in [0.3, 0.4) is 0 Å². The highest BCUT2D eigenvalue weighted by Gasteiger charge is 2.42. The van der Waals surface area contributed by atoms with Gasteiger partial charge in [-0.2, -0.15) is 0 Å². The van der Waals surface area contributed by atoms with Gasteiger partial charge in [0.05, 0.1) is 0 Å². The molecule has 3 N–H and O–H groups in total. The molecule has 21 heavy (non-hydrogen) atoms. The van der Waals surface area contributed by atoms with Crippen LogP contribution in [0.15, 0.2) is 42.5 Å². The average molecular weight is 280 g/mol. The van der Waals surface area contributed by atoms with Crippen molar-refractivity contribution in [3.05, 3.63) is 48.0 Å². The molecular formula is C19H24N2. The van der Waals surface area contributed by atoms with E-state index in [-0.39, 0.29) is 0 Å². The van der Waals surface area contributed by atoms with Crippen molar-refractivity contribution in [2.75, 3.05) is 0 Å². The standard InChI is InChI=1S/C19H24N2/c20-21-19(18-11-13-8-9-16(18)10-13)12-15-6-3-5-14-4-1-2-7-17(14)15/h1-7,13,16,18-19,21H,8-12,20H2. The number of nitrogens with one attached hydrogen (secondary N) is 1. The van der Waals surface area contributed by atoms with Gasteiger partial charge < -0.3 is 0 Å². The summed E-state index contributed by atoms with van der Waals surface area (Å²) < 4.78 is 0. The van der Waals surface area contributed by atoms with Gasteiger partial charge in [-0.1, -0.05) is 48.9 Å². The summed E-state index contributed by atoms with van der Waals surface area (Å²) in [6.45, 7) is 0. The maximum atomic E-state index is 5.93. The van der Waals surface area contributed by atoms with Crippen molar-refractivity contribution in [2.45, 2.75) is 38.1 Å². The number of hydrazine groups is 1. The minimum absolute atomic E-state index is 0.422. The molecule has 0 aromatic heterocycles. The highest BCUT2D eigenvalue weighted by molar-refractivity contribution is 5.85. The molecular weight excluding hydrogens is 256 g/mol. The van der Waals surface area contributed by atoms with Crippen molar-refractivity contribution in [2.24, 2.45) is 23.6 Å². The molecule has 0 saturated heterocycles. The van der Waals surface area contributed by atoms with Crippen LogP contribution < -0.4 is 11.3 Å². The number of hydrogen-bond acceptors (Lipinski definition) is 2. The van der Waals surface area contributed by atoms with Crippen LogP contribution in [0.1, 0.15) is 31.2 Å². The van der Waals surface area contributed by atoms with Gasteiger partial charge in [0.2, 0.25) is 0 Å². The first kappa shape index (κ1) is 13.3. The van der Waals surface area contributed by atoms with Crippen LogP contribution >= 0.6 is 0 Å². The van der Waals surface area contributed by atoms with Gasteiger partial charge in [-0.05, 0) is 59.8 Å². The van der Waals surface area contributed by atoms with E-state index < -0.39 is 0 Å². The SMILES string of the molecule is NNC(Cc1cccc2ccccc12)C1CC2CCC1C2. The van der Waals surface area contributed by atoms with Crippen LogP contribution in [0.4, 0.5) is 0 Å². The van der Waals surface area contributed by atoms with Crippen molar-refractivity contribution in [1.29, 1.82) is 0 Å². The van der Waals surface area contributed by atoms with E-state index in [1.165, 1.54) is 42.0 Å². The molecule has 2 heteroatoms. The Balaban J connectivity index is 1.61. The van der Waals surface area contributed by atoms with Crippen molar-refractivity contribution in [3.63, 3.8) is 0 Å². The zero-order valence-electron chi connectivity index (χ0n) is 12.5. The predicted molar refractivity (Wildman–Crippen MR) is 87.7 cm³/mol. The molecule has 4 atom stereocenters. The quantitative estimate of drug-likeness (QED) is 0.662. The number of fused-ring (bicyclic) bond motifs is 3.